The number of carbonyl (C=O) groups excluding carboxylic acids is 1. The molecule has 1 amide bonds. The van der Waals surface area contributed by atoms with Crippen LogP contribution in [0.2, 0.25) is 5.02 Å². The average molecular weight is 404 g/mol. The largest absolute Gasteiger partial charge is 0.325 e. The first-order valence-corrected chi connectivity index (χ1v) is 9.33. The van der Waals surface area contributed by atoms with Crippen molar-refractivity contribution >= 4 is 35.0 Å². The third-order valence-electron chi connectivity index (χ3n) is 3.63. The third-order valence-corrected chi connectivity index (χ3v) is 4.88. The second kappa shape index (κ2) is 8.37. The first-order chi connectivity index (χ1) is 12.9. The molecule has 0 saturated heterocycles. The van der Waals surface area contributed by atoms with Crippen molar-refractivity contribution in [1.29, 1.82) is 0 Å². The standard InChI is InChI=1S/C19H15ClFN3O2S/c1-12-3-2-4-14(9-12)24-8-7-22-18(19(24)26)27-11-17(25)23-13-5-6-16(21)15(20)10-13/h2-10H,11H2,1H3,(H,23,25). The van der Waals surface area contributed by atoms with Crippen LogP contribution in [0.25, 0.3) is 5.69 Å². The summed E-state index contributed by atoms with van der Waals surface area (Å²) in [6.45, 7) is 1.94. The van der Waals surface area contributed by atoms with Gasteiger partial charge in [-0.05, 0) is 42.8 Å². The van der Waals surface area contributed by atoms with Gasteiger partial charge in [0.05, 0.1) is 10.8 Å². The molecule has 2 aromatic carbocycles. The fraction of sp³-hybridized carbons (Fsp3) is 0.105. The summed E-state index contributed by atoms with van der Waals surface area (Å²) in [5.74, 6) is -0.932. The molecule has 0 fully saturated rings. The lowest BCUT2D eigenvalue weighted by atomic mass is 10.2. The zero-order valence-corrected chi connectivity index (χ0v) is 15.9. The quantitative estimate of drug-likeness (QED) is 0.652. The summed E-state index contributed by atoms with van der Waals surface area (Å²) in [6.07, 6.45) is 3.10. The van der Waals surface area contributed by atoms with Gasteiger partial charge in [-0.2, -0.15) is 0 Å². The first kappa shape index (κ1) is 19.1. The Morgan fingerprint density at radius 2 is 2.11 bits per heavy atom. The van der Waals surface area contributed by atoms with Gasteiger partial charge in [0.2, 0.25) is 5.91 Å². The molecular formula is C19H15ClFN3O2S. The number of hydrogen-bond donors (Lipinski definition) is 1. The fourth-order valence-electron chi connectivity index (χ4n) is 2.38. The van der Waals surface area contributed by atoms with E-state index in [1.807, 2.05) is 31.2 Å². The van der Waals surface area contributed by atoms with Crippen molar-refractivity contribution in [2.24, 2.45) is 0 Å². The summed E-state index contributed by atoms with van der Waals surface area (Å²) < 4.78 is 14.6. The lowest BCUT2D eigenvalue weighted by molar-refractivity contribution is -0.113. The zero-order valence-electron chi connectivity index (χ0n) is 14.3. The minimum atomic E-state index is -0.561. The Kier molecular flexibility index (Phi) is 5.93. The molecule has 5 nitrogen and oxygen atoms in total. The highest BCUT2D eigenvalue weighted by molar-refractivity contribution is 7.99. The number of hydrogen-bond acceptors (Lipinski definition) is 4. The molecule has 0 aliphatic rings. The predicted octanol–water partition coefficient (Wildman–Crippen LogP) is 4.06. The SMILES string of the molecule is Cc1cccc(-n2ccnc(SCC(=O)Nc3ccc(F)c(Cl)c3)c2=O)c1. The van der Waals surface area contributed by atoms with E-state index in [-0.39, 0.29) is 27.3 Å². The van der Waals surface area contributed by atoms with Gasteiger partial charge in [0.1, 0.15) is 5.82 Å². The minimum Gasteiger partial charge on any atom is -0.325 e. The molecule has 1 heterocycles. The molecule has 0 unspecified atom stereocenters. The second-order valence-electron chi connectivity index (χ2n) is 5.71. The number of nitrogens with one attached hydrogen (secondary N) is 1. The van der Waals surface area contributed by atoms with Crippen molar-refractivity contribution in [3.8, 4) is 5.69 Å². The van der Waals surface area contributed by atoms with E-state index in [4.69, 9.17) is 11.6 Å². The summed E-state index contributed by atoms with van der Waals surface area (Å²) in [7, 11) is 0. The minimum absolute atomic E-state index is 0.0188. The van der Waals surface area contributed by atoms with Crippen LogP contribution in [0.4, 0.5) is 10.1 Å². The first-order valence-electron chi connectivity index (χ1n) is 7.96. The van der Waals surface area contributed by atoms with E-state index < -0.39 is 5.82 Å². The Labute approximate surface area is 164 Å². The average Bonchev–Trinajstić information content (AvgIpc) is 2.64. The molecular weight excluding hydrogens is 389 g/mol. The molecule has 0 radical (unpaired) electrons. The second-order valence-corrected chi connectivity index (χ2v) is 7.08. The zero-order chi connectivity index (χ0) is 19.4. The molecule has 0 saturated carbocycles. The van der Waals surface area contributed by atoms with Crippen LogP contribution < -0.4 is 10.9 Å². The smallest absolute Gasteiger partial charge is 0.287 e. The molecule has 8 heteroatoms. The molecule has 0 aliphatic carbocycles. The maximum Gasteiger partial charge on any atom is 0.287 e. The Morgan fingerprint density at radius 3 is 2.85 bits per heavy atom. The number of benzene rings is 2. The van der Waals surface area contributed by atoms with Gasteiger partial charge in [0, 0.05) is 23.8 Å². The fourth-order valence-corrected chi connectivity index (χ4v) is 3.26. The molecule has 0 bridgehead atoms. The van der Waals surface area contributed by atoms with Gasteiger partial charge in [-0.1, -0.05) is 35.5 Å². The molecule has 0 aliphatic heterocycles. The molecule has 3 rings (SSSR count). The topological polar surface area (TPSA) is 64.0 Å². The van der Waals surface area contributed by atoms with Crippen LogP contribution in [-0.4, -0.2) is 21.2 Å². The molecule has 27 heavy (non-hydrogen) atoms. The molecule has 1 aromatic heterocycles. The highest BCUT2D eigenvalue weighted by atomic mass is 35.5. The number of carbonyl (C=O) groups is 1. The molecule has 1 N–H and O–H groups in total. The number of amides is 1. The summed E-state index contributed by atoms with van der Waals surface area (Å²) >= 11 is 6.72. The summed E-state index contributed by atoms with van der Waals surface area (Å²) in [4.78, 5) is 28.8. The van der Waals surface area contributed by atoms with Gasteiger partial charge >= 0.3 is 0 Å². The monoisotopic (exact) mass is 403 g/mol. The van der Waals surface area contributed by atoms with E-state index in [0.717, 1.165) is 23.0 Å². The van der Waals surface area contributed by atoms with Gasteiger partial charge in [-0.3, -0.25) is 14.2 Å². The van der Waals surface area contributed by atoms with Crippen LogP contribution in [-0.2, 0) is 4.79 Å². The van der Waals surface area contributed by atoms with E-state index in [1.165, 1.54) is 29.0 Å². The summed E-state index contributed by atoms with van der Waals surface area (Å²) in [6, 6.07) is 11.4. The van der Waals surface area contributed by atoms with E-state index in [2.05, 4.69) is 10.3 Å². The van der Waals surface area contributed by atoms with Gasteiger partial charge in [0.25, 0.3) is 5.56 Å². The summed E-state index contributed by atoms with van der Waals surface area (Å²) in [5.41, 5.74) is 1.84. The van der Waals surface area contributed by atoms with E-state index in [0.29, 0.717) is 5.69 Å². The van der Waals surface area contributed by atoms with Crippen molar-refractivity contribution in [2.75, 3.05) is 11.1 Å². The predicted molar refractivity (Wildman–Crippen MR) is 105 cm³/mol. The van der Waals surface area contributed by atoms with E-state index in [9.17, 15) is 14.0 Å². The number of nitrogens with zero attached hydrogens (tertiary/aromatic N) is 2. The van der Waals surface area contributed by atoms with E-state index in [1.54, 1.807) is 6.20 Å². The number of aromatic nitrogens is 2. The highest BCUT2D eigenvalue weighted by Crippen LogP contribution is 2.20. The van der Waals surface area contributed by atoms with Gasteiger partial charge in [-0.15, -0.1) is 0 Å². The Balaban J connectivity index is 1.71. The van der Waals surface area contributed by atoms with Gasteiger partial charge < -0.3 is 5.32 Å². The lowest BCUT2D eigenvalue weighted by Gasteiger charge is -2.08. The van der Waals surface area contributed by atoms with Crippen LogP contribution in [0, 0.1) is 12.7 Å². The lowest BCUT2D eigenvalue weighted by Crippen LogP contribution is -2.22. The number of aryl methyl sites for hydroxylation is 1. The Bertz CT molecular complexity index is 1060. The number of rotatable bonds is 5. The summed E-state index contributed by atoms with van der Waals surface area (Å²) in [5, 5.41) is 2.74. The molecule has 0 atom stereocenters. The molecule has 3 aromatic rings. The van der Waals surface area contributed by atoms with Crippen LogP contribution in [0.15, 0.2) is 64.7 Å². The van der Waals surface area contributed by atoms with Crippen molar-refractivity contribution in [2.45, 2.75) is 11.9 Å². The Hall–Kier alpha value is -2.64. The van der Waals surface area contributed by atoms with Gasteiger partial charge in [-0.25, -0.2) is 9.37 Å². The van der Waals surface area contributed by atoms with Gasteiger partial charge in [0.15, 0.2) is 5.03 Å². The van der Waals surface area contributed by atoms with Crippen molar-refractivity contribution in [3.05, 3.63) is 81.6 Å². The number of thioether (sulfide) groups is 1. The third kappa shape index (κ3) is 4.75. The number of anilines is 1. The maximum absolute atomic E-state index is 13.2. The van der Waals surface area contributed by atoms with Crippen molar-refractivity contribution < 1.29 is 9.18 Å². The van der Waals surface area contributed by atoms with Crippen molar-refractivity contribution in [3.63, 3.8) is 0 Å². The molecule has 0 spiro atoms. The van der Waals surface area contributed by atoms with Crippen LogP contribution in [0.5, 0.6) is 0 Å². The van der Waals surface area contributed by atoms with Crippen LogP contribution >= 0.6 is 23.4 Å². The van der Waals surface area contributed by atoms with Crippen LogP contribution in [0.3, 0.4) is 0 Å². The highest BCUT2D eigenvalue weighted by Gasteiger charge is 2.11. The van der Waals surface area contributed by atoms with Crippen LogP contribution in [0.1, 0.15) is 5.56 Å². The van der Waals surface area contributed by atoms with Crippen molar-refractivity contribution in [1.82, 2.24) is 9.55 Å². The van der Waals surface area contributed by atoms with E-state index >= 15 is 0 Å². The molecule has 138 valence electrons. The normalized spacial score (nSPS) is 10.6. The maximum atomic E-state index is 13.2. The Morgan fingerprint density at radius 1 is 1.30 bits per heavy atom. The number of halogens is 2.